The lowest BCUT2D eigenvalue weighted by Gasteiger charge is -2.20. The third-order valence-electron chi connectivity index (χ3n) is 2.31. The molecule has 0 aromatic carbocycles. The van der Waals surface area contributed by atoms with Crippen LogP contribution in [0.4, 0.5) is 5.95 Å². The minimum atomic E-state index is 0.102. The zero-order valence-electron chi connectivity index (χ0n) is 9.99. The molecule has 15 heavy (non-hydrogen) atoms. The Bertz CT molecular complexity index is 299. The minimum absolute atomic E-state index is 0.102. The van der Waals surface area contributed by atoms with Crippen molar-refractivity contribution in [1.82, 2.24) is 9.97 Å². The van der Waals surface area contributed by atoms with Crippen LogP contribution in [0.15, 0.2) is 12.4 Å². The SMILES string of the molecule is CN(CCN)c1ncc(C(C)(C)C)cn1. The van der Waals surface area contributed by atoms with Crippen molar-refractivity contribution in [2.24, 2.45) is 5.73 Å². The van der Waals surface area contributed by atoms with E-state index in [1.54, 1.807) is 0 Å². The van der Waals surface area contributed by atoms with Crippen LogP contribution in [0.25, 0.3) is 0 Å². The van der Waals surface area contributed by atoms with Gasteiger partial charge in [-0.15, -0.1) is 0 Å². The summed E-state index contributed by atoms with van der Waals surface area (Å²) < 4.78 is 0. The normalized spacial score (nSPS) is 11.5. The van der Waals surface area contributed by atoms with E-state index in [9.17, 15) is 0 Å². The van der Waals surface area contributed by atoms with Crippen LogP contribution in [0.3, 0.4) is 0 Å². The Morgan fingerprint density at radius 3 is 2.20 bits per heavy atom. The minimum Gasteiger partial charge on any atom is -0.343 e. The molecule has 1 heterocycles. The van der Waals surface area contributed by atoms with Crippen LogP contribution in [-0.2, 0) is 5.41 Å². The number of aromatic nitrogens is 2. The molecule has 0 saturated carbocycles. The summed E-state index contributed by atoms with van der Waals surface area (Å²) in [5.41, 5.74) is 6.72. The highest BCUT2D eigenvalue weighted by Gasteiger charge is 2.14. The van der Waals surface area contributed by atoms with Crippen LogP contribution in [0.2, 0.25) is 0 Å². The van der Waals surface area contributed by atoms with Gasteiger partial charge in [-0.25, -0.2) is 9.97 Å². The Balaban J connectivity index is 2.81. The lowest BCUT2D eigenvalue weighted by atomic mass is 9.89. The van der Waals surface area contributed by atoms with Gasteiger partial charge >= 0.3 is 0 Å². The number of rotatable bonds is 3. The van der Waals surface area contributed by atoms with Crippen molar-refractivity contribution in [3.8, 4) is 0 Å². The Kier molecular flexibility index (Phi) is 3.63. The number of nitrogens with two attached hydrogens (primary N) is 1. The molecule has 2 N–H and O–H groups in total. The molecule has 1 rings (SSSR count). The van der Waals surface area contributed by atoms with Gasteiger partial charge in [0, 0.05) is 32.5 Å². The number of hydrogen-bond donors (Lipinski definition) is 1. The van der Waals surface area contributed by atoms with Gasteiger partial charge in [0.1, 0.15) is 0 Å². The van der Waals surface area contributed by atoms with Gasteiger partial charge < -0.3 is 10.6 Å². The van der Waals surface area contributed by atoms with Crippen LogP contribution in [0, 0.1) is 0 Å². The van der Waals surface area contributed by atoms with Gasteiger partial charge in [0.2, 0.25) is 5.95 Å². The van der Waals surface area contributed by atoms with E-state index in [0.717, 1.165) is 18.1 Å². The standard InChI is InChI=1S/C11H20N4/c1-11(2,3)9-7-13-10(14-8-9)15(4)6-5-12/h7-8H,5-6,12H2,1-4H3. The number of likely N-dealkylation sites (N-methyl/N-ethyl adjacent to an activating group) is 1. The summed E-state index contributed by atoms with van der Waals surface area (Å²) in [6.07, 6.45) is 3.77. The molecule has 0 spiro atoms. The fraction of sp³-hybridized carbons (Fsp3) is 0.636. The molecule has 4 nitrogen and oxygen atoms in total. The predicted molar refractivity (Wildman–Crippen MR) is 63.1 cm³/mol. The number of anilines is 1. The molecule has 0 radical (unpaired) electrons. The summed E-state index contributed by atoms with van der Waals surface area (Å²) in [6.45, 7) is 7.83. The zero-order chi connectivity index (χ0) is 11.5. The highest BCUT2D eigenvalue weighted by molar-refractivity contribution is 5.29. The van der Waals surface area contributed by atoms with Gasteiger partial charge in [-0.3, -0.25) is 0 Å². The number of hydrogen-bond acceptors (Lipinski definition) is 4. The first-order valence-electron chi connectivity index (χ1n) is 5.19. The summed E-state index contributed by atoms with van der Waals surface area (Å²) in [4.78, 5) is 10.6. The molecule has 0 aliphatic rings. The summed E-state index contributed by atoms with van der Waals surface area (Å²) in [5, 5.41) is 0. The van der Waals surface area contributed by atoms with Gasteiger partial charge in [0.05, 0.1) is 0 Å². The molecular weight excluding hydrogens is 188 g/mol. The fourth-order valence-electron chi connectivity index (χ4n) is 1.20. The van der Waals surface area contributed by atoms with Gasteiger partial charge in [-0.2, -0.15) is 0 Å². The first-order chi connectivity index (χ1) is 6.95. The van der Waals surface area contributed by atoms with E-state index < -0.39 is 0 Å². The van der Waals surface area contributed by atoms with Crippen LogP contribution in [0.1, 0.15) is 26.3 Å². The van der Waals surface area contributed by atoms with Gasteiger partial charge in [-0.1, -0.05) is 20.8 Å². The molecule has 1 aromatic heterocycles. The van der Waals surface area contributed by atoms with Crippen molar-refractivity contribution in [3.05, 3.63) is 18.0 Å². The maximum absolute atomic E-state index is 5.47. The molecule has 0 saturated heterocycles. The van der Waals surface area contributed by atoms with Crippen molar-refractivity contribution in [1.29, 1.82) is 0 Å². The number of nitrogens with zero attached hydrogens (tertiary/aromatic N) is 3. The van der Waals surface area contributed by atoms with E-state index >= 15 is 0 Å². The second kappa shape index (κ2) is 4.57. The zero-order valence-corrected chi connectivity index (χ0v) is 9.99. The average molecular weight is 208 g/mol. The van der Waals surface area contributed by atoms with E-state index in [0.29, 0.717) is 6.54 Å². The fourth-order valence-corrected chi connectivity index (χ4v) is 1.20. The molecular formula is C11H20N4. The first kappa shape index (κ1) is 11.9. The van der Waals surface area contributed by atoms with Crippen LogP contribution < -0.4 is 10.6 Å². The van der Waals surface area contributed by atoms with Crippen LogP contribution in [-0.4, -0.2) is 30.1 Å². The van der Waals surface area contributed by atoms with E-state index in [1.165, 1.54) is 0 Å². The van der Waals surface area contributed by atoms with Gasteiger partial charge in [0.15, 0.2) is 0 Å². The Morgan fingerprint density at radius 2 is 1.80 bits per heavy atom. The van der Waals surface area contributed by atoms with Gasteiger partial charge in [0.25, 0.3) is 0 Å². The Hall–Kier alpha value is -1.16. The average Bonchev–Trinajstić information content (AvgIpc) is 2.17. The van der Waals surface area contributed by atoms with Crippen molar-refractivity contribution in [2.45, 2.75) is 26.2 Å². The van der Waals surface area contributed by atoms with E-state index in [-0.39, 0.29) is 5.41 Å². The van der Waals surface area contributed by atoms with Crippen LogP contribution >= 0.6 is 0 Å². The third kappa shape index (κ3) is 3.16. The third-order valence-corrected chi connectivity index (χ3v) is 2.31. The molecule has 0 aliphatic carbocycles. The smallest absolute Gasteiger partial charge is 0.225 e. The summed E-state index contributed by atoms with van der Waals surface area (Å²) in [6, 6.07) is 0. The lowest BCUT2D eigenvalue weighted by molar-refractivity contribution is 0.583. The molecule has 1 aromatic rings. The van der Waals surface area contributed by atoms with E-state index in [4.69, 9.17) is 5.73 Å². The second-order valence-corrected chi connectivity index (χ2v) is 4.73. The first-order valence-corrected chi connectivity index (χ1v) is 5.19. The molecule has 0 aliphatic heterocycles. The van der Waals surface area contributed by atoms with Crippen molar-refractivity contribution >= 4 is 5.95 Å². The largest absolute Gasteiger partial charge is 0.343 e. The van der Waals surface area contributed by atoms with Gasteiger partial charge in [-0.05, 0) is 11.0 Å². The van der Waals surface area contributed by atoms with E-state index in [2.05, 4.69) is 30.7 Å². The molecule has 4 heteroatoms. The maximum atomic E-state index is 5.47. The second-order valence-electron chi connectivity index (χ2n) is 4.73. The van der Waals surface area contributed by atoms with Crippen molar-refractivity contribution < 1.29 is 0 Å². The summed E-state index contributed by atoms with van der Waals surface area (Å²) in [5.74, 6) is 0.730. The highest BCUT2D eigenvalue weighted by atomic mass is 15.2. The Morgan fingerprint density at radius 1 is 1.27 bits per heavy atom. The molecule has 0 fully saturated rings. The molecule has 84 valence electrons. The Labute approximate surface area is 91.5 Å². The van der Waals surface area contributed by atoms with E-state index in [1.807, 2.05) is 24.3 Å². The topological polar surface area (TPSA) is 55.0 Å². The van der Waals surface area contributed by atoms with Crippen molar-refractivity contribution in [2.75, 3.05) is 25.0 Å². The van der Waals surface area contributed by atoms with Crippen LogP contribution in [0.5, 0.6) is 0 Å². The lowest BCUT2D eigenvalue weighted by Crippen LogP contribution is -2.27. The molecule has 0 unspecified atom stereocenters. The van der Waals surface area contributed by atoms with Crippen molar-refractivity contribution in [3.63, 3.8) is 0 Å². The monoisotopic (exact) mass is 208 g/mol. The molecule has 0 amide bonds. The quantitative estimate of drug-likeness (QED) is 0.810. The molecule has 0 atom stereocenters. The molecule has 0 bridgehead atoms. The maximum Gasteiger partial charge on any atom is 0.225 e. The summed E-state index contributed by atoms with van der Waals surface area (Å²) in [7, 11) is 1.94. The summed E-state index contributed by atoms with van der Waals surface area (Å²) >= 11 is 0. The highest BCUT2D eigenvalue weighted by Crippen LogP contribution is 2.20. The predicted octanol–water partition coefficient (Wildman–Crippen LogP) is 1.17.